The van der Waals surface area contributed by atoms with Crippen molar-refractivity contribution < 1.29 is 8.42 Å². The van der Waals surface area contributed by atoms with Gasteiger partial charge < -0.3 is 4.98 Å². The smallest absolute Gasteiger partial charge is 0.305 e. The Morgan fingerprint density at radius 2 is 1.95 bits per heavy atom. The molecule has 0 saturated carbocycles. The van der Waals surface area contributed by atoms with Gasteiger partial charge in [0.15, 0.2) is 4.21 Å². The highest BCUT2D eigenvalue weighted by atomic mass is 32.2. The van der Waals surface area contributed by atoms with Gasteiger partial charge in [0, 0.05) is 12.2 Å². The molecular weight excluding hydrogens is 308 g/mol. The van der Waals surface area contributed by atoms with Crippen LogP contribution < -0.4 is 9.60 Å². The van der Waals surface area contributed by atoms with Gasteiger partial charge in [-0.15, -0.1) is 0 Å². The van der Waals surface area contributed by atoms with Gasteiger partial charge in [0.1, 0.15) is 0 Å². The van der Waals surface area contributed by atoms with Gasteiger partial charge in [-0.2, -0.15) is 0 Å². The number of thiazole rings is 1. The normalized spacial score (nSPS) is 13.2. The van der Waals surface area contributed by atoms with E-state index in [9.17, 15) is 13.2 Å². The predicted octanol–water partition coefficient (Wildman–Crippen LogP) is 2.22. The Kier molecular flexibility index (Phi) is 4.97. The maximum absolute atomic E-state index is 12.1. The van der Waals surface area contributed by atoms with E-state index < -0.39 is 10.0 Å². The molecule has 0 amide bonds. The second-order valence-electron chi connectivity index (χ2n) is 4.93. The number of sulfonamides is 1. The number of hydrogen-bond donors (Lipinski definition) is 2. The molecule has 2 rings (SSSR count). The summed E-state index contributed by atoms with van der Waals surface area (Å²) < 4.78 is 26.9. The lowest BCUT2D eigenvalue weighted by molar-refractivity contribution is 0.574. The lowest BCUT2D eigenvalue weighted by Gasteiger charge is -2.12. The number of H-pyrrole nitrogens is 1. The van der Waals surface area contributed by atoms with E-state index in [0.29, 0.717) is 30.0 Å². The molecule has 0 aliphatic rings. The van der Waals surface area contributed by atoms with Crippen molar-refractivity contribution in [1.29, 1.82) is 0 Å². The number of hydrogen-bond acceptors (Lipinski definition) is 4. The average molecular weight is 326 g/mol. The first-order valence-electron chi connectivity index (χ1n) is 6.64. The summed E-state index contributed by atoms with van der Waals surface area (Å²) in [6, 6.07) is 9.95. The zero-order chi connectivity index (χ0) is 15.5. The van der Waals surface area contributed by atoms with Gasteiger partial charge in [0.2, 0.25) is 0 Å². The van der Waals surface area contributed by atoms with E-state index in [1.165, 1.54) is 5.56 Å². The van der Waals surface area contributed by atoms with Crippen LogP contribution in [0.25, 0.3) is 0 Å². The highest BCUT2D eigenvalue weighted by Crippen LogP contribution is 2.19. The van der Waals surface area contributed by atoms with E-state index in [4.69, 9.17) is 0 Å². The van der Waals surface area contributed by atoms with Crippen LogP contribution in [0.2, 0.25) is 0 Å². The standard InChI is InChI=1S/C14H18N2O3S2/c1-10(12-6-4-3-5-7-12)8-9-15-21(18,19)13-11(2)16-14(17)20-13/h3-7,10,15H,8-9H2,1-2H3,(H,16,17). The molecule has 0 fully saturated rings. The Labute approximate surface area is 128 Å². The van der Waals surface area contributed by atoms with Gasteiger partial charge in [-0.1, -0.05) is 48.6 Å². The minimum absolute atomic E-state index is 0.0693. The summed E-state index contributed by atoms with van der Waals surface area (Å²) in [6.07, 6.45) is 0.696. The van der Waals surface area contributed by atoms with Crippen molar-refractivity contribution in [3.8, 4) is 0 Å². The summed E-state index contributed by atoms with van der Waals surface area (Å²) in [5.41, 5.74) is 1.56. The van der Waals surface area contributed by atoms with Gasteiger partial charge in [0.25, 0.3) is 10.0 Å². The van der Waals surface area contributed by atoms with Crippen LogP contribution in [0.4, 0.5) is 0 Å². The Bertz CT molecular complexity index is 748. The first kappa shape index (κ1) is 15.9. The molecule has 0 spiro atoms. The molecule has 7 heteroatoms. The third-order valence-electron chi connectivity index (χ3n) is 3.26. The van der Waals surface area contributed by atoms with Gasteiger partial charge in [-0.05, 0) is 24.8 Å². The molecule has 5 nitrogen and oxygen atoms in total. The fourth-order valence-electron chi connectivity index (χ4n) is 2.07. The molecule has 0 bridgehead atoms. The molecular formula is C14H18N2O3S2. The number of benzene rings is 1. The number of aromatic amines is 1. The number of nitrogens with one attached hydrogen (secondary N) is 2. The van der Waals surface area contributed by atoms with Crippen LogP contribution in [-0.2, 0) is 10.0 Å². The molecule has 0 radical (unpaired) electrons. The molecule has 1 atom stereocenters. The van der Waals surface area contributed by atoms with E-state index >= 15 is 0 Å². The summed E-state index contributed by atoms with van der Waals surface area (Å²) in [6.45, 7) is 3.98. The minimum Gasteiger partial charge on any atom is -0.315 e. The summed E-state index contributed by atoms with van der Waals surface area (Å²) in [4.78, 5) is 13.3. The van der Waals surface area contributed by atoms with Crippen LogP contribution in [0.5, 0.6) is 0 Å². The second-order valence-corrected chi connectivity index (χ2v) is 7.87. The molecule has 0 aliphatic heterocycles. The maximum atomic E-state index is 12.1. The van der Waals surface area contributed by atoms with E-state index in [1.807, 2.05) is 30.3 Å². The number of aromatic nitrogens is 1. The second kappa shape index (κ2) is 6.55. The van der Waals surface area contributed by atoms with E-state index in [1.54, 1.807) is 6.92 Å². The van der Waals surface area contributed by atoms with Crippen molar-refractivity contribution in [1.82, 2.24) is 9.71 Å². The van der Waals surface area contributed by atoms with Crippen molar-refractivity contribution in [2.45, 2.75) is 30.4 Å². The molecule has 1 aromatic heterocycles. The minimum atomic E-state index is -3.61. The van der Waals surface area contributed by atoms with Crippen LogP contribution in [-0.4, -0.2) is 19.9 Å². The van der Waals surface area contributed by atoms with E-state index in [0.717, 1.165) is 0 Å². The van der Waals surface area contributed by atoms with Gasteiger partial charge >= 0.3 is 4.87 Å². The monoisotopic (exact) mass is 326 g/mol. The van der Waals surface area contributed by atoms with Crippen molar-refractivity contribution in [2.24, 2.45) is 0 Å². The SMILES string of the molecule is Cc1[nH]c(=O)sc1S(=O)(=O)NCCC(C)c1ccccc1. The summed E-state index contributed by atoms with van der Waals surface area (Å²) >= 11 is 0.715. The summed E-state index contributed by atoms with van der Waals surface area (Å²) in [7, 11) is -3.61. The molecule has 2 aromatic rings. The molecule has 1 aromatic carbocycles. The highest BCUT2D eigenvalue weighted by Gasteiger charge is 2.20. The zero-order valence-electron chi connectivity index (χ0n) is 11.9. The van der Waals surface area contributed by atoms with Gasteiger partial charge in [-0.3, -0.25) is 4.79 Å². The molecule has 2 N–H and O–H groups in total. The fourth-order valence-corrected chi connectivity index (χ4v) is 4.46. The quantitative estimate of drug-likeness (QED) is 0.854. The maximum Gasteiger partial charge on any atom is 0.305 e. The van der Waals surface area contributed by atoms with Gasteiger partial charge in [-0.25, -0.2) is 13.1 Å². The molecule has 1 heterocycles. The van der Waals surface area contributed by atoms with Crippen LogP contribution >= 0.6 is 11.3 Å². The molecule has 0 aliphatic carbocycles. The van der Waals surface area contributed by atoms with Gasteiger partial charge in [0.05, 0.1) is 0 Å². The lowest BCUT2D eigenvalue weighted by atomic mass is 9.98. The molecule has 1 unspecified atom stereocenters. The van der Waals surface area contributed by atoms with Crippen molar-refractivity contribution >= 4 is 21.4 Å². The lowest BCUT2D eigenvalue weighted by Crippen LogP contribution is -2.25. The van der Waals surface area contributed by atoms with Crippen LogP contribution in [0.15, 0.2) is 39.3 Å². The molecule has 114 valence electrons. The average Bonchev–Trinajstić information content (AvgIpc) is 2.79. The summed E-state index contributed by atoms with van der Waals surface area (Å²) in [5, 5.41) is 0. The number of rotatable bonds is 6. The Hall–Kier alpha value is -1.44. The van der Waals surface area contributed by atoms with E-state index in [-0.39, 0.29) is 15.0 Å². The molecule has 0 saturated heterocycles. The first-order chi connectivity index (χ1) is 9.90. The third kappa shape index (κ3) is 4.03. The highest BCUT2D eigenvalue weighted by molar-refractivity contribution is 7.91. The zero-order valence-corrected chi connectivity index (χ0v) is 13.6. The van der Waals surface area contributed by atoms with Crippen LogP contribution in [0, 0.1) is 6.92 Å². The topological polar surface area (TPSA) is 79.0 Å². The Balaban J connectivity index is 1.97. The fraction of sp³-hybridized carbons (Fsp3) is 0.357. The van der Waals surface area contributed by atoms with Crippen molar-refractivity contribution in [2.75, 3.05) is 6.54 Å². The van der Waals surface area contributed by atoms with Crippen molar-refractivity contribution in [3.05, 3.63) is 51.3 Å². The third-order valence-corrected chi connectivity index (χ3v) is 6.33. The van der Waals surface area contributed by atoms with Crippen LogP contribution in [0.1, 0.15) is 30.5 Å². The van der Waals surface area contributed by atoms with E-state index in [2.05, 4.69) is 16.6 Å². The Morgan fingerprint density at radius 3 is 2.52 bits per heavy atom. The first-order valence-corrected chi connectivity index (χ1v) is 8.94. The predicted molar refractivity (Wildman–Crippen MR) is 84.3 cm³/mol. The van der Waals surface area contributed by atoms with Crippen LogP contribution in [0.3, 0.4) is 0 Å². The number of aryl methyl sites for hydroxylation is 1. The summed E-state index contributed by atoms with van der Waals surface area (Å²) in [5.74, 6) is 0.264. The largest absolute Gasteiger partial charge is 0.315 e. The Morgan fingerprint density at radius 1 is 1.29 bits per heavy atom. The molecule has 21 heavy (non-hydrogen) atoms. The van der Waals surface area contributed by atoms with Crippen molar-refractivity contribution in [3.63, 3.8) is 0 Å².